The van der Waals surface area contributed by atoms with Gasteiger partial charge in [0.15, 0.2) is 5.96 Å². The molecule has 24 heteroatoms. The number of para-hydroxylation sites is 1. The Morgan fingerprint density at radius 1 is 0.829 bits per heavy atom. The van der Waals surface area contributed by atoms with Gasteiger partial charge in [0.1, 0.15) is 42.3 Å². The maximum Gasteiger partial charge on any atom is 0.245 e. The van der Waals surface area contributed by atoms with Crippen molar-refractivity contribution in [1.29, 1.82) is 5.41 Å². The molecule has 0 bridgehead atoms. The van der Waals surface area contributed by atoms with Crippen molar-refractivity contribution in [3.63, 3.8) is 0 Å². The molecule has 1 aromatic heterocycles. The van der Waals surface area contributed by atoms with Gasteiger partial charge in [-0.25, -0.2) is 0 Å². The van der Waals surface area contributed by atoms with Crippen LogP contribution in [-0.2, 0) is 56.0 Å². The van der Waals surface area contributed by atoms with Crippen molar-refractivity contribution in [1.82, 2.24) is 57.7 Å². The Labute approximate surface area is 442 Å². The number of guanidine groups is 1. The summed E-state index contributed by atoms with van der Waals surface area (Å²) in [6.45, 7) is 3.33. The highest BCUT2D eigenvalue weighted by molar-refractivity contribution is 5.98. The standard InChI is InChI=1S/C52H76N14O10/c1-3-4-16-38(60-31(2)67)46(71)63-40-20-21-44(69)56-23-11-10-18-37(45(70)57-25-22-53)61-49(74)42(27-33-29-59-36-17-9-8-15-35(33)36)64-47(72)39(19-12-24-58-52(54)55)62-48(73)41(26-32-13-6-5-7-14-32)65-50(75)43-28-34(68)30-66(43)51(40)76/h5-9,13-15,17,29,34,37-43,59,68H,3-4,10-12,16,18-28,30,53H2,1-2H3,(H,56,69)(H,57,70)(H,60,67)(H,61,74)(H,62,73)(H,63,71)(H,64,72)(H,65,75)(H4,54,55,58)/t34-,37+,38+,39+,40+,41-,42+,43+/m1/s1. The molecule has 3 heterocycles. The first-order valence-electron chi connectivity index (χ1n) is 26.2. The molecule has 16 N–H and O–H groups in total. The zero-order chi connectivity index (χ0) is 55.1. The SMILES string of the molecule is CCCC[C@H](NC(C)=O)C(=O)N[C@H]1CCC(=O)NCCCC[C@@H](C(=O)NCCN)NC(=O)[C@H](Cc2c[nH]c3ccccc23)NC(=O)[C@H](CCCNC(=N)N)NC(=O)[C@@H](Cc2ccccc2)NC(=O)[C@@H]2C[C@@H](O)CN2C1=O. The fourth-order valence-corrected chi connectivity index (χ4v) is 9.28. The van der Waals surface area contributed by atoms with E-state index in [9.17, 15) is 48.3 Å². The molecule has 0 radical (unpaired) electrons. The van der Waals surface area contributed by atoms with Crippen LogP contribution in [0, 0.1) is 5.41 Å². The second kappa shape index (κ2) is 30.1. The van der Waals surface area contributed by atoms with Crippen LogP contribution in [0.15, 0.2) is 60.8 Å². The number of unbranched alkanes of at least 4 members (excludes halogenated alkanes) is 1. The molecule has 76 heavy (non-hydrogen) atoms. The monoisotopic (exact) mass is 1060 g/mol. The predicted molar refractivity (Wildman–Crippen MR) is 282 cm³/mol. The molecule has 3 aromatic rings. The molecule has 0 unspecified atom stereocenters. The molecule has 9 amide bonds. The van der Waals surface area contributed by atoms with E-state index in [1.165, 1.54) is 6.92 Å². The highest BCUT2D eigenvalue weighted by atomic mass is 16.3. The summed E-state index contributed by atoms with van der Waals surface area (Å²) in [6, 6.07) is 7.12. The Kier molecular flexibility index (Phi) is 23.5. The van der Waals surface area contributed by atoms with Crippen molar-refractivity contribution in [2.45, 2.75) is 146 Å². The average Bonchev–Trinajstić information content (AvgIpc) is 4.00. The lowest BCUT2D eigenvalue weighted by Gasteiger charge is -2.31. The molecule has 2 fully saturated rings. The highest BCUT2D eigenvalue weighted by Gasteiger charge is 2.43. The first kappa shape index (κ1) is 59.3. The van der Waals surface area contributed by atoms with Crippen molar-refractivity contribution < 1.29 is 48.3 Å². The zero-order valence-corrected chi connectivity index (χ0v) is 43.3. The number of fused-ring (bicyclic) bond motifs is 2. The lowest BCUT2D eigenvalue weighted by Crippen LogP contribution is -2.60. The van der Waals surface area contributed by atoms with Gasteiger partial charge < -0.3 is 74.3 Å². The van der Waals surface area contributed by atoms with E-state index < -0.39 is 102 Å². The topological polar surface area (TPSA) is 377 Å². The van der Waals surface area contributed by atoms with Gasteiger partial charge in [0.05, 0.1) is 6.10 Å². The number of aromatic amines is 1. The number of aliphatic hydroxyl groups excluding tert-OH is 1. The molecule has 24 nitrogen and oxygen atoms in total. The van der Waals surface area contributed by atoms with Gasteiger partial charge in [-0.05, 0) is 62.1 Å². The van der Waals surface area contributed by atoms with Crippen molar-refractivity contribution in [3.05, 3.63) is 71.9 Å². The molecule has 0 saturated carbocycles. The predicted octanol–water partition coefficient (Wildman–Crippen LogP) is -1.55. The molecule has 2 saturated heterocycles. The number of nitrogens with two attached hydrogens (primary N) is 2. The quantitative estimate of drug-likeness (QED) is 0.0415. The summed E-state index contributed by atoms with van der Waals surface area (Å²) in [7, 11) is 0. The number of aromatic nitrogens is 1. The Balaban J connectivity index is 1.54. The van der Waals surface area contributed by atoms with Gasteiger partial charge >= 0.3 is 0 Å². The second-order valence-corrected chi connectivity index (χ2v) is 19.3. The third-order valence-corrected chi connectivity index (χ3v) is 13.3. The third kappa shape index (κ3) is 18.4. The minimum absolute atomic E-state index is 0.0443. The number of carbonyl (C=O) groups excluding carboxylic acids is 9. The molecule has 2 aromatic carbocycles. The van der Waals surface area contributed by atoms with E-state index in [1.54, 1.807) is 36.5 Å². The number of H-pyrrole nitrogens is 1. The van der Waals surface area contributed by atoms with Crippen LogP contribution in [0.5, 0.6) is 0 Å². The maximum atomic E-state index is 14.7. The van der Waals surface area contributed by atoms with Gasteiger partial charge in [-0.1, -0.05) is 68.3 Å². The number of hydrogen-bond donors (Lipinski definition) is 14. The van der Waals surface area contributed by atoms with Crippen molar-refractivity contribution in [3.8, 4) is 0 Å². The van der Waals surface area contributed by atoms with Crippen LogP contribution in [-0.4, -0.2) is 155 Å². The van der Waals surface area contributed by atoms with E-state index >= 15 is 0 Å². The highest BCUT2D eigenvalue weighted by Crippen LogP contribution is 2.23. The van der Waals surface area contributed by atoms with Gasteiger partial charge in [-0.15, -0.1) is 0 Å². The van der Waals surface area contributed by atoms with Crippen LogP contribution in [0.2, 0.25) is 0 Å². The minimum atomic E-state index is -1.40. The molecule has 8 atom stereocenters. The lowest BCUT2D eigenvalue weighted by atomic mass is 10.0. The minimum Gasteiger partial charge on any atom is -0.391 e. The van der Waals surface area contributed by atoms with E-state index in [4.69, 9.17) is 16.9 Å². The summed E-state index contributed by atoms with van der Waals surface area (Å²) in [6.07, 6.45) is 2.08. The number of rotatable bonds is 17. The maximum absolute atomic E-state index is 14.7. The Morgan fingerprint density at radius 2 is 1.51 bits per heavy atom. The van der Waals surface area contributed by atoms with Gasteiger partial charge in [0.25, 0.3) is 0 Å². The third-order valence-electron chi connectivity index (χ3n) is 13.3. The smallest absolute Gasteiger partial charge is 0.245 e. The van der Waals surface area contributed by atoms with Crippen molar-refractivity contribution in [2.24, 2.45) is 11.5 Å². The van der Waals surface area contributed by atoms with E-state index in [2.05, 4.69) is 52.8 Å². The fourth-order valence-electron chi connectivity index (χ4n) is 9.28. The van der Waals surface area contributed by atoms with Crippen molar-refractivity contribution in [2.75, 3.05) is 32.7 Å². The van der Waals surface area contributed by atoms with E-state index in [0.29, 0.717) is 36.8 Å². The van der Waals surface area contributed by atoms with Crippen LogP contribution in [0.4, 0.5) is 0 Å². The molecular weight excluding hydrogens is 981 g/mol. The summed E-state index contributed by atoms with van der Waals surface area (Å²) in [4.78, 5) is 130. The first-order valence-corrected chi connectivity index (χ1v) is 26.2. The Hall–Kier alpha value is -7.60. The zero-order valence-electron chi connectivity index (χ0n) is 43.3. The second-order valence-electron chi connectivity index (χ2n) is 19.3. The van der Waals surface area contributed by atoms with Crippen LogP contribution < -0.4 is 59.3 Å². The number of aliphatic hydroxyl groups is 1. The summed E-state index contributed by atoms with van der Waals surface area (Å²) < 4.78 is 0. The molecule has 414 valence electrons. The van der Waals surface area contributed by atoms with Crippen LogP contribution >= 0.6 is 0 Å². The summed E-state index contributed by atoms with van der Waals surface area (Å²) in [5, 5.41) is 44.2. The Bertz CT molecular complexity index is 2490. The number of nitrogens with one attached hydrogen (secondary N) is 11. The molecular formula is C52H76N14O10. The van der Waals surface area contributed by atoms with Gasteiger partial charge in [-0.2, -0.15) is 0 Å². The normalized spacial score (nSPS) is 23.1. The van der Waals surface area contributed by atoms with Crippen molar-refractivity contribution >= 4 is 70.0 Å². The number of benzene rings is 2. The van der Waals surface area contributed by atoms with E-state index in [1.807, 2.05) is 31.2 Å². The summed E-state index contributed by atoms with van der Waals surface area (Å²) in [5.74, 6) is -6.42. The Morgan fingerprint density at radius 3 is 2.24 bits per heavy atom. The first-order chi connectivity index (χ1) is 36.5. The molecule has 2 aliphatic heterocycles. The van der Waals surface area contributed by atoms with Gasteiger partial charge in [0, 0.05) is 82.4 Å². The number of carbonyl (C=O) groups is 9. The number of hydrogen-bond acceptors (Lipinski definition) is 12. The van der Waals surface area contributed by atoms with Crippen LogP contribution in [0.3, 0.4) is 0 Å². The molecule has 2 aliphatic rings. The number of amides is 9. The number of nitrogens with zero attached hydrogens (tertiary/aromatic N) is 1. The van der Waals surface area contributed by atoms with Crippen LogP contribution in [0.1, 0.15) is 95.6 Å². The molecule has 5 rings (SSSR count). The molecule has 0 spiro atoms. The fraction of sp³-hybridized carbons (Fsp3) is 0.538. The largest absolute Gasteiger partial charge is 0.391 e. The average molecular weight is 1060 g/mol. The van der Waals surface area contributed by atoms with E-state index in [-0.39, 0.29) is 96.5 Å². The van der Waals surface area contributed by atoms with Crippen LogP contribution in [0.25, 0.3) is 10.9 Å². The van der Waals surface area contributed by atoms with Gasteiger partial charge in [0.2, 0.25) is 53.2 Å². The lowest BCUT2D eigenvalue weighted by molar-refractivity contribution is -0.143. The molecule has 0 aliphatic carbocycles. The summed E-state index contributed by atoms with van der Waals surface area (Å²) >= 11 is 0. The van der Waals surface area contributed by atoms with Gasteiger partial charge in [-0.3, -0.25) is 48.6 Å². The summed E-state index contributed by atoms with van der Waals surface area (Å²) in [5.41, 5.74) is 13.3. The van der Waals surface area contributed by atoms with E-state index in [0.717, 1.165) is 15.8 Å².